The first-order valence-corrected chi connectivity index (χ1v) is 13.3. The summed E-state index contributed by atoms with van der Waals surface area (Å²) in [6.45, 7) is 7.84. The van der Waals surface area contributed by atoms with Gasteiger partial charge in [0.1, 0.15) is 12.4 Å². The fourth-order valence-electron chi connectivity index (χ4n) is 4.80. The summed E-state index contributed by atoms with van der Waals surface area (Å²) in [5.74, 6) is 2.25. The van der Waals surface area contributed by atoms with Crippen LogP contribution in [-0.4, -0.2) is 75.0 Å². The van der Waals surface area contributed by atoms with E-state index in [2.05, 4.69) is 62.0 Å². The summed E-state index contributed by atoms with van der Waals surface area (Å²) in [4.78, 5) is 19.1. The molecule has 9 heteroatoms. The Morgan fingerprint density at radius 1 is 1.03 bits per heavy atom. The first-order chi connectivity index (χ1) is 18.3. The predicted molar refractivity (Wildman–Crippen MR) is 150 cm³/mol. The van der Waals surface area contributed by atoms with Crippen LogP contribution in [0.2, 0.25) is 0 Å². The predicted octanol–water partition coefficient (Wildman–Crippen LogP) is 4.34. The molecule has 1 saturated heterocycles. The molecule has 0 atom stereocenters. The highest BCUT2D eigenvalue weighted by molar-refractivity contribution is 5.80. The van der Waals surface area contributed by atoms with Gasteiger partial charge in [-0.15, -0.1) is 0 Å². The quantitative estimate of drug-likeness (QED) is 0.360. The van der Waals surface area contributed by atoms with Gasteiger partial charge in [-0.1, -0.05) is 6.07 Å². The highest BCUT2D eigenvalue weighted by Gasteiger charge is 2.29. The minimum absolute atomic E-state index is 0.162. The van der Waals surface area contributed by atoms with E-state index < -0.39 is 5.60 Å². The van der Waals surface area contributed by atoms with Crippen LogP contribution in [0.15, 0.2) is 54.7 Å². The van der Waals surface area contributed by atoms with Crippen molar-refractivity contribution in [3.05, 3.63) is 60.4 Å². The Labute approximate surface area is 223 Å². The van der Waals surface area contributed by atoms with Gasteiger partial charge < -0.3 is 25.0 Å². The van der Waals surface area contributed by atoms with Gasteiger partial charge in [-0.25, -0.2) is 4.98 Å². The molecule has 1 aromatic carbocycles. The lowest BCUT2D eigenvalue weighted by Gasteiger charge is -2.34. The van der Waals surface area contributed by atoms with E-state index in [4.69, 9.17) is 14.7 Å². The third-order valence-corrected chi connectivity index (χ3v) is 7.07. The number of aliphatic hydroxyl groups is 1. The molecule has 38 heavy (non-hydrogen) atoms. The van der Waals surface area contributed by atoms with E-state index in [1.165, 1.54) is 11.4 Å². The van der Waals surface area contributed by atoms with Crippen LogP contribution in [0.25, 0.3) is 16.9 Å². The summed E-state index contributed by atoms with van der Waals surface area (Å²) in [5, 5.41) is 14.4. The lowest BCUT2D eigenvalue weighted by atomic mass is 10.2. The SMILES string of the molecule is CN1CCN(c2ccc(Nc3ncc4cc(C5CC5)n(-c5cccc(OCC(C)(C)O)n5)c4n3)cc2)CC1. The van der Waals surface area contributed by atoms with Gasteiger partial charge in [0.15, 0.2) is 5.65 Å². The van der Waals surface area contributed by atoms with Crippen molar-refractivity contribution in [3.8, 4) is 11.7 Å². The molecule has 1 saturated carbocycles. The Kier molecular flexibility index (Phi) is 6.41. The van der Waals surface area contributed by atoms with Crippen molar-refractivity contribution < 1.29 is 9.84 Å². The molecular formula is C29H35N7O2. The number of pyridine rings is 1. The zero-order valence-corrected chi connectivity index (χ0v) is 22.3. The third-order valence-electron chi connectivity index (χ3n) is 7.07. The number of hydrogen-bond donors (Lipinski definition) is 2. The van der Waals surface area contributed by atoms with E-state index >= 15 is 0 Å². The van der Waals surface area contributed by atoms with Crippen molar-refractivity contribution in [2.75, 3.05) is 50.1 Å². The number of ether oxygens (including phenoxy) is 1. The van der Waals surface area contributed by atoms with Crippen molar-refractivity contribution in [2.45, 2.75) is 38.2 Å². The molecule has 4 aromatic rings. The number of aromatic nitrogens is 4. The van der Waals surface area contributed by atoms with E-state index in [0.29, 0.717) is 17.7 Å². The molecule has 2 fully saturated rings. The van der Waals surface area contributed by atoms with Crippen molar-refractivity contribution in [3.63, 3.8) is 0 Å². The maximum atomic E-state index is 10.1. The number of rotatable bonds is 8. The van der Waals surface area contributed by atoms with Gasteiger partial charge in [0.2, 0.25) is 11.8 Å². The maximum absolute atomic E-state index is 10.1. The first-order valence-electron chi connectivity index (χ1n) is 13.3. The zero-order chi connectivity index (χ0) is 26.3. The average Bonchev–Trinajstić information content (AvgIpc) is 3.68. The number of fused-ring (bicyclic) bond motifs is 1. The van der Waals surface area contributed by atoms with Gasteiger partial charge in [0.05, 0.1) is 5.60 Å². The Balaban J connectivity index is 1.27. The molecule has 1 aliphatic heterocycles. The number of likely N-dealkylation sites (N-methyl/N-ethyl adjacent to an activating group) is 1. The van der Waals surface area contributed by atoms with Crippen LogP contribution >= 0.6 is 0 Å². The Morgan fingerprint density at radius 2 is 1.79 bits per heavy atom. The molecule has 0 spiro atoms. The molecule has 3 aromatic heterocycles. The minimum atomic E-state index is -0.937. The van der Waals surface area contributed by atoms with Gasteiger partial charge >= 0.3 is 0 Å². The van der Waals surface area contributed by atoms with Crippen molar-refractivity contribution in [2.24, 2.45) is 0 Å². The Morgan fingerprint density at radius 3 is 2.50 bits per heavy atom. The second-order valence-electron chi connectivity index (χ2n) is 11.0. The molecule has 9 nitrogen and oxygen atoms in total. The molecule has 0 unspecified atom stereocenters. The molecule has 2 N–H and O–H groups in total. The maximum Gasteiger partial charge on any atom is 0.229 e. The number of nitrogens with one attached hydrogen (secondary N) is 1. The molecule has 4 heterocycles. The van der Waals surface area contributed by atoms with Crippen LogP contribution in [0.4, 0.5) is 17.3 Å². The summed E-state index contributed by atoms with van der Waals surface area (Å²) < 4.78 is 7.89. The van der Waals surface area contributed by atoms with Gasteiger partial charge in [-0.2, -0.15) is 9.97 Å². The molecule has 0 amide bonds. The van der Waals surface area contributed by atoms with Crippen LogP contribution in [0.3, 0.4) is 0 Å². The Bertz CT molecular complexity index is 1420. The zero-order valence-electron chi connectivity index (χ0n) is 22.3. The van der Waals surface area contributed by atoms with Crippen molar-refractivity contribution >= 4 is 28.4 Å². The second kappa shape index (κ2) is 9.89. The Hall–Kier alpha value is -3.69. The van der Waals surface area contributed by atoms with E-state index in [-0.39, 0.29) is 6.61 Å². The monoisotopic (exact) mass is 513 g/mol. The van der Waals surface area contributed by atoms with Crippen LogP contribution in [0.5, 0.6) is 5.88 Å². The summed E-state index contributed by atoms with van der Waals surface area (Å²) in [5.41, 5.74) is 3.25. The molecule has 198 valence electrons. The number of hydrogen-bond acceptors (Lipinski definition) is 8. The lowest BCUT2D eigenvalue weighted by molar-refractivity contribution is 0.0268. The summed E-state index contributed by atoms with van der Waals surface area (Å²) in [7, 11) is 2.17. The van der Waals surface area contributed by atoms with Gasteiger partial charge in [-0.3, -0.25) is 4.57 Å². The fraction of sp³-hybridized carbons (Fsp3) is 0.414. The van der Waals surface area contributed by atoms with E-state index in [1.807, 2.05) is 24.4 Å². The molecule has 0 radical (unpaired) electrons. The first kappa shape index (κ1) is 24.6. The summed E-state index contributed by atoms with van der Waals surface area (Å²) >= 11 is 0. The van der Waals surface area contributed by atoms with Crippen molar-refractivity contribution in [1.29, 1.82) is 0 Å². The lowest BCUT2D eigenvalue weighted by Crippen LogP contribution is -2.44. The van der Waals surface area contributed by atoms with E-state index in [0.717, 1.165) is 61.6 Å². The van der Waals surface area contributed by atoms with Crippen LogP contribution in [0, 0.1) is 0 Å². The largest absolute Gasteiger partial charge is 0.475 e. The average molecular weight is 514 g/mol. The summed E-state index contributed by atoms with van der Waals surface area (Å²) in [6.07, 6.45) is 4.19. The molecule has 0 bridgehead atoms. The molecule has 1 aliphatic carbocycles. The molecule has 6 rings (SSSR count). The van der Waals surface area contributed by atoms with Crippen LogP contribution in [0.1, 0.15) is 38.3 Å². The standard InChI is InChI=1S/C29H35N7O2/c1-29(2,37)19-38-26-6-4-5-25(32-26)36-24(20-7-8-20)17-21-18-30-28(33-27(21)36)31-22-9-11-23(12-10-22)35-15-13-34(3)14-16-35/h4-6,9-12,17-18,20,37H,7-8,13-16,19H2,1-3H3,(H,30,31,33). The number of benzene rings is 1. The van der Waals surface area contributed by atoms with E-state index in [9.17, 15) is 5.11 Å². The number of nitrogens with zero attached hydrogens (tertiary/aromatic N) is 6. The molecular weight excluding hydrogens is 478 g/mol. The third kappa shape index (κ3) is 5.44. The molecule has 2 aliphatic rings. The minimum Gasteiger partial charge on any atom is -0.475 e. The fourth-order valence-corrected chi connectivity index (χ4v) is 4.80. The number of piperazine rings is 1. The van der Waals surface area contributed by atoms with Crippen molar-refractivity contribution in [1.82, 2.24) is 24.4 Å². The van der Waals surface area contributed by atoms with Gasteiger partial charge in [0, 0.05) is 60.9 Å². The van der Waals surface area contributed by atoms with Crippen LogP contribution < -0.4 is 15.0 Å². The smallest absolute Gasteiger partial charge is 0.229 e. The number of anilines is 3. The second-order valence-corrected chi connectivity index (χ2v) is 11.0. The summed E-state index contributed by atoms with van der Waals surface area (Å²) in [6, 6.07) is 16.4. The topological polar surface area (TPSA) is 91.6 Å². The van der Waals surface area contributed by atoms with Gasteiger partial charge in [-0.05, 0) is 76.1 Å². The normalized spacial score (nSPS) is 16.7. The van der Waals surface area contributed by atoms with E-state index in [1.54, 1.807) is 13.8 Å². The van der Waals surface area contributed by atoms with Gasteiger partial charge in [0.25, 0.3) is 0 Å². The highest BCUT2D eigenvalue weighted by atomic mass is 16.5. The highest BCUT2D eigenvalue weighted by Crippen LogP contribution is 2.43. The van der Waals surface area contributed by atoms with Crippen LogP contribution in [-0.2, 0) is 0 Å².